The van der Waals surface area contributed by atoms with E-state index in [0.29, 0.717) is 17.6 Å². The van der Waals surface area contributed by atoms with E-state index in [4.69, 9.17) is 5.41 Å². The van der Waals surface area contributed by atoms with Gasteiger partial charge in [-0.3, -0.25) is 15.1 Å². The van der Waals surface area contributed by atoms with Crippen molar-refractivity contribution >= 4 is 27.8 Å². The van der Waals surface area contributed by atoms with E-state index in [9.17, 15) is 18.0 Å². The van der Waals surface area contributed by atoms with Crippen LogP contribution in [0.3, 0.4) is 0 Å². The second-order valence-corrected chi connectivity index (χ2v) is 8.31. The number of allylic oxidation sites excluding steroid dienone is 3. The number of alkyl halides is 2. The summed E-state index contributed by atoms with van der Waals surface area (Å²) in [5, 5.41) is 11.2. The van der Waals surface area contributed by atoms with Crippen molar-refractivity contribution in [1.82, 2.24) is 10.2 Å². The Bertz CT molecular complexity index is 906. The van der Waals surface area contributed by atoms with Gasteiger partial charge in [0.2, 0.25) is 5.91 Å². The van der Waals surface area contributed by atoms with Gasteiger partial charge in [-0.05, 0) is 59.0 Å². The molecule has 2 N–H and O–H groups in total. The lowest BCUT2D eigenvalue weighted by atomic mass is 9.71. The van der Waals surface area contributed by atoms with Gasteiger partial charge in [0, 0.05) is 14.0 Å². The first-order valence-corrected chi connectivity index (χ1v) is 9.62. The van der Waals surface area contributed by atoms with Crippen molar-refractivity contribution in [2.24, 2.45) is 5.92 Å². The minimum absolute atomic E-state index is 0.0276. The van der Waals surface area contributed by atoms with Gasteiger partial charge < -0.3 is 5.32 Å². The molecule has 28 heavy (non-hydrogen) atoms. The van der Waals surface area contributed by atoms with E-state index < -0.39 is 23.2 Å². The Morgan fingerprint density at radius 2 is 2.00 bits per heavy atom. The van der Waals surface area contributed by atoms with E-state index in [1.807, 2.05) is 0 Å². The van der Waals surface area contributed by atoms with Crippen molar-refractivity contribution in [2.45, 2.75) is 38.2 Å². The largest absolute Gasteiger partial charge is 0.346 e. The summed E-state index contributed by atoms with van der Waals surface area (Å²) in [5.74, 6) is -4.43. The molecule has 0 bridgehead atoms. The molecule has 1 aliphatic heterocycles. The lowest BCUT2D eigenvalue weighted by Gasteiger charge is -2.47. The van der Waals surface area contributed by atoms with Crippen LogP contribution in [0, 0.1) is 17.1 Å². The van der Waals surface area contributed by atoms with E-state index in [0.717, 1.165) is 6.92 Å². The molecule has 0 aromatic heterocycles. The van der Waals surface area contributed by atoms with Gasteiger partial charge >= 0.3 is 0 Å². The number of rotatable bonds is 3. The van der Waals surface area contributed by atoms with Crippen LogP contribution in [0.25, 0.3) is 0 Å². The number of nitrogens with zero attached hydrogens (tertiary/aromatic N) is 1. The first-order chi connectivity index (χ1) is 12.9. The van der Waals surface area contributed by atoms with Gasteiger partial charge in [0.1, 0.15) is 5.82 Å². The Kier molecular flexibility index (Phi) is 5.20. The van der Waals surface area contributed by atoms with E-state index >= 15 is 0 Å². The zero-order chi connectivity index (χ0) is 20.9. The van der Waals surface area contributed by atoms with Crippen LogP contribution in [-0.4, -0.2) is 29.7 Å². The molecule has 8 heteroatoms. The summed E-state index contributed by atoms with van der Waals surface area (Å²) in [6.07, 6.45) is 3.43. The standard InChI is InChI=1S/C20H21BrF3N3O/c1-19(13-8-9-15(22)14(21)10-13)16(17(28)27(3)18(25)26-19)11-4-6-12(7-5-11)20(2,23)24/h4,6,8-10,16H,5,7H2,1-3H3,(H2,25,26)/t16-,19-/m1/s1. The van der Waals surface area contributed by atoms with Crippen LogP contribution in [0.15, 0.2) is 46.0 Å². The van der Waals surface area contributed by atoms with Gasteiger partial charge in [-0.25, -0.2) is 13.2 Å². The molecule has 0 spiro atoms. The van der Waals surface area contributed by atoms with Crippen LogP contribution in [0.2, 0.25) is 0 Å². The third-order valence-corrected chi connectivity index (χ3v) is 6.11. The van der Waals surface area contributed by atoms with Gasteiger partial charge in [-0.1, -0.05) is 23.8 Å². The molecule has 0 unspecified atom stereocenters. The number of nitrogens with one attached hydrogen (secondary N) is 2. The summed E-state index contributed by atoms with van der Waals surface area (Å²) >= 11 is 3.17. The van der Waals surface area contributed by atoms with Crippen LogP contribution in [-0.2, 0) is 10.3 Å². The molecular weight excluding hydrogens is 435 g/mol. The zero-order valence-electron chi connectivity index (χ0n) is 15.7. The summed E-state index contributed by atoms with van der Waals surface area (Å²) in [6, 6.07) is 4.43. The molecule has 2 atom stereocenters. The highest BCUT2D eigenvalue weighted by Gasteiger charge is 2.49. The van der Waals surface area contributed by atoms with Gasteiger partial charge in [0.25, 0.3) is 5.92 Å². The average Bonchev–Trinajstić information content (AvgIpc) is 2.62. The first kappa shape index (κ1) is 20.6. The topological polar surface area (TPSA) is 56.2 Å². The number of carbonyl (C=O) groups excluding carboxylic acids is 1. The summed E-state index contributed by atoms with van der Waals surface area (Å²) < 4.78 is 41.2. The Labute approximate surface area is 170 Å². The monoisotopic (exact) mass is 455 g/mol. The van der Waals surface area contributed by atoms with Gasteiger partial charge in [-0.15, -0.1) is 0 Å². The predicted molar refractivity (Wildman–Crippen MR) is 105 cm³/mol. The highest BCUT2D eigenvalue weighted by molar-refractivity contribution is 9.10. The van der Waals surface area contributed by atoms with Crippen molar-refractivity contribution in [3.05, 3.63) is 57.4 Å². The Balaban J connectivity index is 2.10. The molecule has 0 radical (unpaired) electrons. The van der Waals surface area contributed by atoms with Crippen molar-refractivity contribution in [1.29, 1.82) is 5.41 Å². The van der Waals surface area contributed by atoms with Crippen molar-refractivity contribution in [3.63, 3.8) is 0 Å². The number of carbonyl (C=O) groups is 1. The molecule has 1 aromatic rings. The quantitative estimate of drug-likeness (QED) is 0.692. The lowest BCUT2D eigenvalue weighted by Crippen LogP contribution is -2.64. The number of benzene rings is 1. The van der Waals surface area contributed by atoms with Crippen LogP contribution in [0.5, 0.6) is 0 Å². The SMILES string of the molecule is CN1C(=N)N[C@](C)(c2ccc(F)c(Br)c2)[C@H](C2=CC=C(C(C)(F)F)CC2)C1=O. The second kappa shape index (κ2) is 7.06. The molecule has 1 aliphatic carbocycles. The van der Waals surface area contributed by atoms with Crippen LogP contribution < -0.4 is 5.32 Å². The maximum atomic E-state index is 13.7. The molecule has 0 saturated carbocycles. The van der Waals surface area contributed by atoms with E-state index in [1.165, 1.54) is 24.1 Å². The number of halogens is 4. The lowest BCUT2D eigenvalue weighted by molar-refractivity contribution is -0.133. The molecule has 1 fully saturated rings. The molecule has 150 valence electrons. The Hall–Kier alpha value is -2.09. The minimum atomic E-state index is -2.90. The Morgan fingerprint density at radius 1 is 1.32 bits per heavy atom. The highest BCUT2D eigenvalue weighted by atomic mass is 79.9. The van der Waals surface area contributed by atoms with Crippen molar-refractivity contribution < 1.29 is 18.0 Å². The number of amides is 1. The summed E-state index contributed by atoms with van der Waals surface area (Å²) in [5.41, 5.74) is 0.323. The third-order valence-electron chi connectivity index (χ3n) is 5.50. The number of hydrogen-bond donors (Lipinski definition) is 2. The van der Waals surface area contributed by atoms with Gasteiger partial charge in [-0.2, -0.15) is 0 Å². The maximum Gasteiger partial charge on any atom is 0.266 e. The highest BCUT2D eigenvalue weighted by Crippen LogP contribution is 2.43. The normalized spacial score (nSPS) is 26.0. The zero-order valence-corrected chi connectivity index (χ0v) is 17.3. The van der Waals surface area contributed by atoms with E-state index in [2.05, 4.69) is 21.2 Å². The van der Waals surface area contributed by atoms with Crippen LogP contribution in [0.4, 0.5) is 13.2 Å². The smallest absolute Gasteiger partial charge is 0.266 e. The molecule has 3 rings (SSSR count). The average molecular weight is 456 g/mol. The van der Waals surface area contributed by atoms with Crippen molar-refractivity contribution in [3.8, 4) is 0 Å². The molecular formula is C20H21BrF3N3O. The third kappa shape index (κ3) is 3.50. The fraction of sp³-hybridized carbons (Fsp3) is 0.400. The fourth-order valence-electron chi connectivity index (χ4n) is 3.80. The molecule has 4 nitrogen and oxygen atoms in total. The first-order valence-electron chi connectivity index (χ1n) is 8.83. The molecule has 2 aliphatic rings. The predicted octanol–water partition coefficient (Wildman–Crippen LogP) is 4.72. The second-order valence-electron chi connectivity index (χ2n) is 7.46. The van der Waals surface area contributed by atoms with E-state index in [1.54, 1.807) is 25.1 Å². The Morgan fingerprint density at radius 3 is 2.54 bits per heavy atom. The van der Waals surface area contributed by atoms with Crippen LogP contribution in [0.1, 0.15) is 32.3 Å². The van der Waals surface area contributed by atoms with Crippen LogP contribution >= 0.6 is 15.9 Å². The van der Waals surface area contributed by atoms with Gasteiger partial charge in [0.05, 0.1) is 15.9 Å². The molecule has 1 saturated heterocycles. The summed E-state index contributed by atoms with van der Waals surface area (Å²) in [4.78, 5) is 14.3. The maximum absolute atomic E-state index is 13.7. The number of hydrogen-bond acceptors (Lipinski definition) is 2. The summed E-state index contributed by atoms with van der Waals surface area (Å²) in [7, 11) is 1.50. The molecule has 1 heterocycles. The molecule has 1 aromatic carbocycles. The van der Waals surface area contributed by atoms with Crippen molar-refractivity contribution in [2.75, 3.05) is 7.05 Å². The number of guanidine groups is 1. The summed E-state index contributed by atoms with van der Waals surface area (Å²) in [6.45, 7) is 2.63. The molecule has 1 amide bonds. The van der Waals surface area contributed by atoms with E-state index in [-0.39, 0.29) is 28.3 Å². The van der Waals surface area contributed by atoms with Gasteiger partial charge in [0.15, 0.2) is 5.96 Å². The fourth-order valence-corrected chi connectivity index (χ4v) is 4.18. The minimum Gasteiger partial charge on any atom is -0.346 e.